The van der Waals surface area contributed by atoms with Crippen LogP contribution in [0.1, 0.15) is 41.4 Å². The molecular formula is C18H20F3N3O2. The Kier molecular flexibility index (Phi) is 5.04. The van der Waals surface area contributed by atoms with E-state index in [4.69, 9.17) is 4.74 Å². The van der Waals surface area contributed by atoms with Gasteiger partial charge in [0.15, 0.2) is 0 Å². The topological polar surface area (TPSA) is 56.1 Å². The van der Waals surface area contributed by atoms with Crippen LogP contribution in [0, 0.1) is 6.92 Å². The summed E-state index contributed by atoms with van der Waals surface area (Å²) in [5.41, 5.74) is 0.292. The third-order valence-corrected chi connectivity index (χ3v) is 4.55. The lowest BCUT2D eigenvalue weighted by Gasteiger charge is -2.19. The van der Waals surface area contributed by atoms with Gasteiger partial charge in [-0.1, -0.05) is 6.07 Å². The minimum Gasteiger partial charge on any atom is -0.376 e. The highest BCUT2D eigenvalue weighted by molar-refractivity contribution is 5.95. The Balaban J connectivity index is 1.80. The number of halogens is 3. The zero-order chi connectivity index (χ0) is 18.9. The molecule has 0 saturated carbocycles. The smallest absolute Gasteiger partial charge is 0.376 e. The van der Waals surface area contributed by atoms with E-state index >= 15 is 0 Å². The number of benzene rings is 1. The van der Waals surface area contributed by atoms with Gasteiger partial charge in [-0.3, -0.25) is 4.79 Å². The Hall–Kier alpha value is -2.35. The molecule has 1 aromatic carbocycles. The Morgan fingerprint density at radius 2 is 2.19 bits per heavy atom. The van der Waals surface area contributed by atoms with Crippen LogP contribution in [0.4, 0.5) is 13.2 Å². The monoisotopic (exact) mass is 367 g/mol. The number of hydrogen-bond donors (Lipinski definition) is 1. The molecule has 1 N–H and O–H groups in total. The van der Waals surface area contributed by atoms with Gasteiger partial charge in [-0.15, -0.1) is 0 Å². The normalized spacial score (nSPS) is 18.7. The largest absolute Gasteiger partial charge is 0.416 e. The zero-order valence-electron chi connectivity index (χ0n) is 14.5. The number of nitrogens with zero attached hydrogens (tertiary/aromatic N) is 2. The first-order chi connectivity index (χ1) is 12.3. The molecule has 0 unspecified atom stereocenters. The quantitative estimate of drug-likeness (QED) is 0.900. The summed E-state index contributed by atoms with van der Waals surface area (Å²) < 4.78 is 45.6. The maximum Gasteiger partial charge on any atom is 0.416 e. The summed E-state index contributed by atoms with van der Waals surface area (Å²) in [6.07, 6.45) is -1.22. The molecule has 140 valence electrons. The lowest BCUT2D eigenvalue weighted by atomic mass is 10.1. The van der Waals surface area contributed by atoms with Gasteiger partial charge in [-0.05, 0) is 44.9 Å². The molecule has 0 spiro atoms. The Bertz CT molecular complexity index is 795. The molecule has 1 aliphatic rings. The molecule has 3 rings (SSSR count). The van der Waals surface area contributed by atoms with Gasteiger partial charge in [0.2, 0.25) is 0 Å². The summed E-state index contributed by atoms with van der Waals surface area (Å²) in [4.78, 5) is 12.5. The highest BCUT2D eigenvalue weighted by Crippen LogP contribution is 2.30. The molecule has 2 heterocycles. The molecule has 1 fully saturated rings. The summed E-state index contributed by atoms with van der Waals surface area (Å²) in [5.74, 6) is -0.316. The van der Waals surface area contributed by atoms with Crippen molar-refractivity contribution < 1.29 is 22.7 Å². The first-order valence-corrected chi connectivity index (χ1v) is 8.42. The highest BCUT2D eigenvalue weighted by atomic mass is 19.4. The van der Waals surface area contributed by atoms with Gasteiger partial charge in [0, 0.05) is 6.61 Å². The third kappa shape index (κ3) is 3.75. The summed E-state index contributed by atoms with van der Waals surface area (Å²) in [6, 6.07) is 4.70. The van der Waals surface area contributed by atoms with Crippen LogP contribution in [0.25, 0.3) is 5.69 Å². The lowest BCUT2D eigenvalue weighted by Crippen LogP contribution is -2.40. The Morgan fingerprint density at radius 3 is 2.85 bits per heavy atom. The van der Waals surface area contributed by atoms with Gasteiger partial charge in [0.25, 0.3) is 5.91 Å². The summed E-state index contributed by atoms with van der Waals surface area (Å²) in [7, 11) is 0. The number of carbonyl (C=O) groups excluding carboxylic acids is 1. The van der Waals surface area contributed by atoms with Crippen molar-refractivity contribution in [3.8, 4) is 5.69 Å². The molecule has 26 heavy (non-hydrogen) atoms. The van der Waals surface area contributed by atoms with E-state index < -0.39 is 11.7 Å². The predicted molar refractivity (Wildman–Crippen MR) is 89.2 cm³/mol. The predicted octanol–water partition coefficient (Wildman–Crippen LogP) is 3.50. The molecule has 8 heteroatoms. The van der Waals surface area contributed by atoms with Gasteiger partial charge < -0.3 is 10.1 Å². The summed E-state index contributed by atoms with van der Waals surface area (Å²) in [5, 5.41) is 6.97. The molecule has 2 aromatic rings. The molecule has 0 radical (unpaired) electrons. The zero-order valence-corrected chi connectivity index (χ0v) is 14.5. The lowest BCUT2D eigenvalue weighted by molar-refractivity contribution is -0.137. The van der Waals surface area contributed by atoms with Crippen LogP contribution in [0.2, 0.25) is 0 Å². The summed E-state index contributed by atoms with van der Waals surface area (Å²) >= 11 is 0. The molecule has 1 saturated heterocycles. The van der Waals surface area contributed by atoms with Crippen molar-refractivity contribution in [3.63, 3.8) is 0 Å². The molecule has 2 atom stereocenters. The van der Waals surface area contributed by atoms with E-state index in [-0.39, 0.29) is 23.7 Å². The molecule has 1 amide bonds. The van der Waals surface area contributed by atoms with E-state index in [9.17, 15) is 18.0 Å². The number of carbonyl (C=O) groups is 1. The standard InChI is InChI=1S/C18H20F3N3O2/c1-11(16-7-4-8-26-16)23-17(25)15-10-22-24(12(15)2)14-6-3-5-13(9-14)18(19,20)21/h3,5-6,9-11,16H,4,7-8H2,1-2H3,(H,23,25)/t11-,16+/m1/s1. The average molecular weight is 367 g/mol. The van der Waals surface area contributed by atoms with E-state index in [2.05, 4.69) is 10.4 Å². The first kappa shape index (κ1) is 18.4. The number of aromatic nitrogens is 2. The number of ether oxygens (including phenoxy) is 1. The van der Waals surface area contributed by atoms with E-state index in [1.54, 1.807) is 6.92 Å². The van der Waals surface area contributed by atoms with Gasteiger partial charge in [0.1, 0.15) is 0 Å². The number of alkyl halides is 3. The van der Waals surface area contributed by atoms with Crippen molar-refractivity contribution in [1.29, 1.82) is 0 Å². The maximum absolute atomic E-state index is 12.9. The second kappa shape index (κ2) is 7.11. The van der Waals surface area contributed by atoms with Crippen LogP contribution in [0.15, 0.2) is 30.5 Å². The summed E-state index contributed by atoms with van der Waals surface area (Å²) in [6.45, 7) is 4.22. The minimum atomic E-state index is -4.44. The SMILES string of the molecule is Cc1c(C(=O)N[C@H](C)[C@@H]2CCCO2)cnn1-c1cccc(C(F)(F)F)c1. The van der Waals surface area contributed by atoms with Crippen LogP contribution in [0.3, 0.4) is 0 Å². The van der Waals surface area contributed by atoms with E-state index in [0.29, 0.717) is 17.9 Å². The third-order valence-electron chi connectivity index (χ3n) is 4.55. The highest BCUT2D eigenvalue weighted by Gasteiger charge is 2.31. The number of amides is 1. The number of rotatable bonds is 4. The Morgan fingerprint density at radius 1 is 1.42 bits per heavy atom. The second-order valence-corrected chi connectivity index (χ2v) is 6.42. The van der Waals surface area contributed by atoms with Gasteiger partial charge >= 0.3 is 6.18 Å². The van der Waals surface area contributed by atoms with Gasteiger partial charge in [-0.2, -0.15) is 18.3 Å². The fourth-order valence-electron chi connectivity index (χ4n) is 3.08. The average Bonchev–Trinajstić information content (AvgIpc) is 3.23. The molecule has 1 aromatic heterocycles. The van der Waals surface area contributed by atoms with Crippen LogP contribution in [-0.2, 0) is 10.9 Å². The first-order valence-electron chi connectivity index (χ1n) is 8.42. The van der Waals surface area contributed by atoms with Crippen molar-refractivity contribution in [2.45, 2.75) is 45.0 Å². The van der Waals surface area contributed by atoms with Gasteiger partial charge in [0.05, 0.1) is 40.9 Å². The van der Waals surface area contributed by atoms with Crippen molar-refractivity contribution in [2.24, 2.45) is 0 Å². The van der Waals surface area contributed by atoms with Crippen LogP contribution < -0.4 is 5.32 Å². The molecule has 0 aliphatic carbocycles. The number of nitrogens with one attached hydrogen (secondary N) is 1. The fourth-order valence-corrected chi connectivity index (χ4v) is 3.08. The number of hydrogen-bond acceptors (Lipinski definition) is 3. The van der Waals surface area contributed by atoms with E-state index in [0.717, 1.165) is 25.0 Å². The molecule has 1 aliphatic heterocycles. The maximum atomic E-state index is 12.9. The van der Waals surface area contributed by atoms with Crippen molar-refractivity contribution in [1.82, 2.24) is 15.1 Å². The molecule has 0 bridgehead atoms. The van der Waals surface area contributed by atoms with Gasteiger partial charge in [-0.25, -0.2) is 4.68 Å². The van der Waals surface area contributed by atoms with E-state index in [1.807, 2.05) is 6.92 Å². The molecule has 5 nitrogen and oxygen atoms in total. The van der Waals surface area contributed by atoms with Crippen LogP contribution in [-0.4, -0.2) is 34.4 Å². The van der Waals surface area contributed by atoms with Crippen molar-refractivity contribution in [2.75, 3.05) is 6.61 Å². The van der Waals surface area contributed by atoms with Crippen LogP contribution >= 0.6 is 0 Å². The van der Waals surface area contributed by atoms with E-state index in [1.165, 1.54) is 23.0 Å². The fraction of sp³-hybridized carbons (Fsp3) is 0.444. The van der Waals surface area contributed by atoms with Crippen molar-refractivity contribution >= 4 is 5.91 Å². The minimum absolute atomic E-state index is 0.0160. The van der Waals surface area contributed by atoms with Crippen LogP contribution in [0.5, 0.6) is 0 Å². The van der Waals surface area contributed by atoms with Crippen molar-refractivity contribution in [3.05, 3.63) is 47.3 Å². The second-order valence-electron chi connectivity index (χ2n) is 6.42. The molecular weight excluding hydrogens is 347 g/mol. The Labute approximate surface area is 149 Å².